The minimum Gasteiger partial charge on any atom is -0.469 e. The summed E-state index contributed by atoms with van der Waals surface area (Å²) in [7, 11) is 1.34. The fourth-order valence-corrected chi connectivity index (χ4v) is 1.92. The molecule has 0 aliphatic rings. The summed E-state index contributed by atoms with van der Waals surface area (Å²) in [6.45, 7) is 1.92. The SMILES string of the molecule is CCC(CC(=O)OC)NC(=O)CCc1ccc(Cl)cc1. The fourth-order valence-electron chi connectivity index (χ4n) is 1.79. The zero-order valence-electron chi connectivity index (χ0n) is 11.8. The molecule has 20 heavy (non-hydrogen) atoms. The summed E-state index contributed by atoms with van der Waals surface area (Å²) < 4.78 is 4.60. The van der Waals surface area contributed by atoms with Gasteiger partial charge in [-0.15, -0.1) is 0 Å². The molecule has 1 rings (SSSR count). The minimum absolute atomic E-state index is 0.0595. The number of methoxy groups -OCH3 is 1. The van der Waals surface area contributed by atoms with Crippen molar-refractivity contribution in [1.82, 2.24) is 5.32 Å². The largest absolute Gasteiger partial charge is 0.469 e. The van der Waals surface area contributed by atoms with Gasteiger partial charge in [0.1, 0.15) is 0 Å². The van der Waals surface area contributed by atoms with Crippen LogP contribution in [0.15, 0.2) is 24.3 Å². The molecule has 1 unspecified atom stereocenters. The Morgan fingerprint density at radius 3 is 2.50 bits per heavy atom. The molecule has 110 valence electrons. The predicted octanol–water partition coefficient (Wildman–Crippen LogP) is 2.73. The minimum atomic E-state index is -0.310. The summed E-state index contributed by atoms with van der Waals surface area (Å²) in [5.41, 5.74) is 1.06. The number of benzene rings is 1. The normalized spacial score (nSPS) is 11.8. The smallest absolute Gasteiger partial charge is 0.307 e. The maximum absolute atomic E-state index is 11.8. The van der Waals surface area contributed by atoms with Gasteiger partial charge in [0.15, 0.2) is 0 Å². The Hall–Kier alpha value is -1.55. The van der Waals surface area contributed by atoms with E-state index in [1.165, 1.54) is 7.11 Å². The molecule has 1 aromatic rings. The third-order valence-electron chi connectivity index (χ3n) is 3.05. The van der Waals surface area contributed by atoms with Crippen molar-refractivity contribution in [1.29, 1.82) is 0 Å². The Morgan fingerprint density at radius 2 is 1.95 bits per heavy atom. The van der Waals surface area contributed by atoms with Crippen LogP contribution in [0.25, 0.3) is 0 Å². The average Bonchev–Trinajstić information content (AvgIpc) is 2.45. The van der Waals surface area contributed by atoms with Crippen LogP contribution in [0.1, 0.15) is 31.7 Å². The second-order valence-corrected chi connectivity index (χ2v) is 5.02. The number of halogens is 1. The first-order chi connectivity index (χ1) is 9.55. The van der Waals surface area contributed by atoms with Gasteiger partial charge in [0.05, 0.1) is 13.5 Å². The summed E-state index contributed by atoms with van der Waals surface area (Å²) >= 11 is 5.80. The van der Waals surface area contributed by atoms with E-state index in [9.17, 15) is 9.59 Å². The molecule has 0 heterocycles. The number of hydrogen-bond donors (Lipinski definition) is 1. The number of rotatable bonds is 7. The highest BCUT2D eigenvalue weighted by atomic mass is 35.5. The van der Waals surface area contributed by atoms with E-state index < -0.39 is 0 Å². The van der Waals surface area contributed by atoms with Crippen molar-refractivity contribution in [3.63, 3.8) is 0 Å². The molecule has 1 aromatic carbocycles. The molecule has 1 N–H and O–H groups in total. The summed E-state index contributed by atoms with van der Waals surface area (Å²) in [5, 5.41) is 3.53. The maximum Gasteiger partial charge on any atom is 0.307 e. The lowest BCUT2D eigenvalue weighted by atomic mass is 10.1. The Balaban J connectivity index is 2.38. The van der Waals surface area contributed by atoms with Crippen molar-refractivity contribution in [3.8, 4) is 0 Å². The molecule has 0 fully saturated rings. The molecule has 4 nitrogen and oxygen atoms in total. The van der Waals surface area contributed by atoms with Gasteiger partial charge in [0.2, 0.25) is 5.91 Å². The molecule has 0 spiro atoms. The summed E-state index contributed by atoms with van der Waals surface area (Å²) in [4.78, 5) is 23.0. The molecule has 0 aromatic heterocycles. The monoisotopic (exact) mass is 297 g/mol. The zero-order valence-corrected chi connectivity index (χ0v) is 12.6. The molecule has 0 saturated heterocycles. The number of nitrogens with one attached hydrogen (secondary N) is 1. The van der Waals surface area contributed by atoms with E-state index in [1.54, 1.807) is 12.1 Å². The second kappa shape index (κ2) is 8.59. The van der Waals surface area contributed by atoms with Crippen molar-refractivity contribution in [2.24, 2.45) is 0 Å². The van der Waals surface area contributed by atoms with Crippen LogP contribution in [-0.4, -0.2) is 25.0 Å². The van der Waals surface area contributed by atoms with E-state index in [0.29, 0.717) is 24.3 Å². The molecule has 5 heteroatoms. The summed E-state index contributed by atoms with van der Waals surface area (Å²) in [5.74, 6) is -0.370. The van der Waals surface area contributed by atoms with Crippen LogP contribution < -0.4 is 5.32 Å². The van der Waals surface area contributed by atoms with Crippen molar-refractivity contribution in [2.45, 2.75) is 38.6 Å². The van der Waals surface area contributed by atoms with Gasteiger partial charge < -0.3 is 10.1 Å². The molecule has 0 aliphatic heterocycles. The lowest BCUT2D eigenvalue weighted by molar-refractivity contribution is -0.141. The third-order valence-corrected chi connectivity index (χ3v) is 3.30. The Kier molecular flexibility index (Phi) is 7.09. The number of carbonyl (C=O) groups is 2. The summed E-state index contributed by atoms with van der Waals surface area (Å²) in [6, 6.07) is 7.25. The molecule has 1 atom stereocenters. The first-order valence-corrected chi connectivity index (χ1v) is 7.03. The van der Waals surface area contributed by atoms with Crippen molar-refractivity contribution < 1.29 is 14.3 Å². The van der Waals surface area contributed by atoms with E-state index in [-0.39, 0.29) is 24.3 Å². The van der Waals surface area contributed by atoms with E-state index in [4.69, 9.17) is 11.6 Å². The van der Waals surface area contributed by atoms with Gasteiger partial charge >= 0.3 is 5.97 Å². The first-order valence-electron chi connectivity index (χ1n) is 6.65. The number of ether oxygens (including phenoxy) is 1. The fraction of sp³-hybridized carbons (Fsp3) is 0.467. The van der Waals surface area contributed by atoms with Gasteiger partial charge in [-0.3, -0.25) is 9.59 Å². The molecule has 0 aliphatic carbocycles. The quantitative estimate of drug-likeness (QED) is 0.787. The topological polar surface area (TPSA) is 55.4 Å². The molecular formula is C15H20ClNO3. The van der Waals surface area contributed by atoms with Crippen LogP contribution in [0.4, 0.5) is 0 Å². The maximum atomic E-state index is 11.8. The van der Waals surface area contributed by atoms with Crippen LogP contribution in [0.3, 0.4) is 0 Å². The molecular weight excluding hydrogens is 278 g/mol. The third kappa shape index (κ3) is 6.06. The van der Waals surface area contributed by atoms with Gasteiger partial charge in [-0.1, -0.05) is 30.7 Å². The summed E-state index contributed by atoms with van der Waals surface area (Å²) in [6.07, 6.45) is 1.94. The van der Waals surface area contributed by atoms with E-state index in [2.05, 4.69) is 10.1 Å². The standard InChI is InChI=1S/C15H20ClNO3/c1-3-13(10-15(19)20-2)17-14(18)9-6-11-4-7-12(16)8-5-11/h4-5,7-8,13H,3,6,9-10H2,1-2H3,(H,17,18). The van der Waals surface area contributed by atoms with Crippen LogP contribution in [0.2, 0.25) is 5.02 Å². The van der Waals surface area contributed by atoms with E-state index in [1.807, 2.05) is 19.1 Å². The van der Waals surface area contributed by atoms with Crippen LogP contribution in [0.5, 0.6) is 0 Å². The highest BCUT2D eigenvalue weighted by Gasteiger charge is 2.14. The number of hydrogen-bond acceptors (Lipinski definition) is 3. The van der Waals surface area contributed by atoms with Gasteiger partial charge in [0.25, 0.3) is 0 Å². The van der Waals surface area contributed by atoms with E-state index >= 15 is 0 Å². The molecule has 1 amide bonds. The number of amides is 1. The molecule has 0 saturated carbocycles. The van der Waals surface area contributed by atoms with Gasteiger partial charge in [-0.05, 0) is 30.5 Å². The molecule has 0 bridgehead atoms. The first kappa shape index (κ1) is 16.5. The van der Waals surface area contributed by atoms with Crippen LogP contribution in [-0.2, 0) is 20.7 Å². The van der Waals surface area contributed by atoms with Gasteiger partial charge in [0, 0.05) is 17.5 Å². The van der Waals surface area contributed by atoms with Crippen molar-refractivity contribution in [2.75, 3.05) is 7.11 Å². The van der Waals surface area contributed by atoms with E-state index in [0.717, 1.165) is 5.56 Å². The Morgan fingerprint density at radius 1 is 1.30 bits per heavy atom. The molecule has 0 radical (unpaired) electrons. The Bertz CT molecular complexity index is 445. The highest BCUT2D eigenvalue weighted by Crippen LogP contribution is 2.11. The highest BCUT2D eigenvalue weighted by molar-refractivity contribution is 6.30. The lowest BCUT2D eigenvalue weighted by Gasteiger charge is -2.15. The van der Waals surface area contributed by atoms with Crippen LogP contribution >= 0.6 is 11.6 Å². The lowest BCUT2D eigenvalue weighted by Crippen LogP contribution is -2.36. The number of carbonyl (C=O) groups excluding carboxylic acids is 2. The van der Waals surface area contributed by atoms with Crippen molar-refractivity contribution >= 4 is 23.5 Å². The predicted molar refractivity (Wildman–Crippen MR) is 78.6 cm³/mol. The zero-order chi connectivity index (χ0) is 15.0. The average molecular weight is 298 g/mol. The van der Waals surface area contributed by atoms with Crippen molar-refractivity contribution in [3.05, 3.63) is 34.9 Å². The van der Waals surface area contributed by atoms with Gasteiger partial charge in [-0.2, -0.15) is 0 Å². The Labute approximate surface area is 124 Å². The number of aryl methyl sites for hydroxylation is 1. The number of esters is 1. The van der Waals surface area contributed by atoms with Gasteiger partial charge in [-0.25, -0.2) is 0 Å². The second-order valence-electron chi connectivity index (χ2n) is 4.58. The van der Waals surface area contributed by atoms with Crippen LogP contribution in [0, 0.1) is 0 Å².